The molecule has 2 rings (SSSR count). The van der Waals surface area contributed by atoms with Gasteiger partial charge in [-0.25, -0.2) is 0 Å². The second kappa shape index (κ2) is 7.75. The summed E-state index contributed by atoms with van der Waals surface area (Å²) in [5.41, 5.74) is 3.50. The summed E-state index contributed by atoms with van der Waals surface area (Å²) >= 11 is 0. The molecule has 1 saturated carbocycles. The van der Waals surface area contributed by atoms with Gasteiger partial charge in [0.2, 0.25) is 0 Å². The Morgan fingerprint density at radius 2 is 1.92 bits per heavy atom. The molecular weight excluding hydrogens is 312 g/mol. The zero-order valence-electron chi connectivity index (χ0n) is 17.2. The average Bonchev–Trinajstić information content (AvgIpc) is 2.55. The topological polar surface area (TPSA) is 35.5 Å². The van der Waals surface area contributed by atoms with E-state index in [9.17, 15) is 4.79 Å². The van der Waals surface area contributed by atoms with Crippen LogP contribution < -0.4 is 0 Å². The predicted octanol–water partition coefficient (Wildman–Crippen LogP) is 5.11. The summed E-state index contributed by atoms with van der Waals surface area (Å²) in [6.45, 7) is 11.9. The summed E-state index contributed by atoms with van der Waals surface area (Å²) in [6.07, 6.45) is 7.39. The first-order valence-corrected chi connectivity index (χ1v) is 9.67. The van der Waals surface area contributed by atoms with E-state index in [1.807, 2.05) is 13.0 Å². The fourth-order valence-electron chi connectivity index (χ4n) is 4.99. The molecule has 25 heavy (non-hydrogen) atoms. The first kappa shape index (κ1) is 20.4. The van der Waals surface area contributed by atoms with Crippen LogP contribution in [0.4, 0.5) is 0 Å². The highest BCUT2D eigenvalue weighted by atomic mass is 16.5. The number of ether oxygens (including phenoxy) is 2. The van der Waals surface area contributed by atoms with E-state index >= 15 is 0 Å². The molecule has 0 aromatic heterocycles. The summed E-state index contributed by atoms with van der Waals surface area (Å²) in [4.78, 5) is 12.7. The van der Waals surface area contributed by atoms with Crippen molar-refractivity contribution in [3.63, 3.8) is 0 Å². The van der Waals surface area contributed by atoms with Crippen molar-refractivity contribution >= 4 is 5.78 Å². The number of rotatable bonds is 7. The van der Waals surface area contributed by atoms with Crippen LogP contribution in [0.3, 0.4) is 0 Å². The minimum Gasteiger partial charge on any atom is -0.385 e. The fraction of sp³-hybridized carbons (Fsp3) is 0.773. The van der Waals surface area contributed by atoms with Gasteiger partial charge in [0.15, 0.2) is 5.78 Å². The number of ketones is 1. The molecule has 142 valence electrons. The maximum Gasteiger partial charge on any atom is 0.181 e. The van der Waals surface area contributed by atoms with Crippen LogP contribution in [-0.2, 0) is 14.3 Å². The van der Waals surface area contributed by atoms with Gasteiger partial charge in [-0.15, -0.1) is 0 Å². The van der Waals surface area contributed by atoms with Crippen LogP contribution in [0.1, 0.15) is 66.7 Å². The molecule has 2 aliphatic carbocycles. The van der Waals surface area contributed by atoms with Crippen molar-refractivity contribution in [1.29, 1.82) is 0 Å². The summed E-state index contributed by atoms with van der Waals surface area (Å²) in [6, 6.07) is 0. The van der Waals surface area contributed by atoms with Gasteiger partial charge in [-0.2, -0.15) is 0 Å². The molecule has 0 heterocycles. The molecule has 3 heteroatoms. The molecular formula is C22H36O3. The number of carbonyl (C=O) groups is 1. The van der Waals surface area contributed by atoms with Crippen molar-refractivity contribution in [3.05, 3.63) is 22.8 Å². The van der Waals surface area contributed by atoms with Crippen LogP contribution >= 0.6 is 0 Å². The van der Waals surface area contributed by atoms with Gasteiger partial charge in [-0.05, 0) is 62.2 Å². The van der Waals surface area contributed by atoms with Crippen LogP contribution in [0.5, 0.6) is 0 Å². The van der Waals surface area contributed by atoms with Crippen LogP contribution in [0.15, 0.2) is 22.8 Å². The van der Waals surface area contributed by atoms with Gasteiger partial charge < -0.3 is 9.47 Å². The van der Waals surface area contributed by atoms with Gasteiger partial charge in [0.25, 0.3) is 0 Å². The number of hydrogen-bond donors (Lipinski definition) is 0. The standard InChI is InChI=1S/C22H36O3/c1-15(11-13-24-6)8-9-17-16(2)18(23)14-19-21(3,4)20(25-7)10-12-22(17,19)5/h14-15,20H,8-13H2,1-7H3/t15-,20-,22+/m0/s1. The number of hydrogen-bond acceptors (Lipinski definition) is 3. The minimum atomic E-state index is -0.106. The monoisotopic (exact) mass is 348 g/mol. The van der Waals surface area contributed by atoms with Crippen molar-refractivity contribution < 1.29 is 14.3 Å². The molecule has 0 unspecified atom stereocenters. The molecule has 2 aliphatic rings. The third-order valence-electron chi connectivity index (χ3n) is 6.75. The molecule has 0 saturated heterocycles. The smallest absolute Gasteiger partial charge is 0.181 e. The largest absolute Gasteiger partial charge is 0.385 e. The summed E-state index contributed by atoms with van der Waals surface area (Å²) in [5.74, 6) is 0.800. The van der Waals surface area contributed by atoms with Gasteiger partial charge >= 0.3 is 0 Å². The molecule has 0 aromatic carbocycles. The maximum absolute atomic E-state index is 12.7. The van der Waals surface area contributed by atoms with Gasteiger partial charge in [0.1, 0.15) is 0 Å². The average molecular weight is 349 g/mol. The Labute approximate surface area is 153 Å². The van der Waals surface area contributed by atoms with E-state index in [2.05, 4.69) is 27.7 Å². The number of fused-ring (bicyclic) bond motifs is 1. The Balaban J connectivity index is 2.28. The Morgan fingerprint density at radius 3 is 2.52 bits per heavy atom. The SMILES string of the molecule is COCC[C@@H](C)CCC1=C(C)C(=O)C=C2C(C)(C)[C@@H](OC)CC[C@@]21C. The van der Waals surface area contributed by atoms with E-state index in [-0.39, 0.29) is 22.7 Å². The Morgan fingerprint density at radius 1 is 1.24 bits per heavy atom. The highest BCUT2D eigenvalue weighted by Gasteiger charge is 2.51. The second-order valence-electron chi connectivity index (χ2n) is 8.77. The van der Waals surface area contributed by atoms with Gasteiger partial charge in [-0.1, -0.05) is 33.3 Å². The molecule has 0 N–H and O–H groups in total. The number of carbonyl (C=O) groups excluding carboxylic acids is 1. The molecule has 0 amide bonds. The molecule has 0 spiro atoms. The Kier molecular flexibility index (Phi) is 6.32. The minimum absolute atomic E-state index is 0.00248. The number of allylic oxidation sites excluding steroid dienone is 3. The van der Waals surface area contributed by atoms with Crippen LogP contribution in [0.2, 0.25) is 0 Å². The summed E-state index contributed by atoms with van der Waals surface area (Å²) in [7, 11) is 3.55. The van der Waals surface area contributed by atoms with Crippen molar-refractivity contribution in [1.82, 2.24) is 0 Å². The van der Waals surface area contributed by atoms with Crippen LogP contribution in [0.25, 0.3) is 0 Å². The van der Waals surface area contributed by atoms with Gasteiger partial charge in [-0.3, -0.25) is 4.79 Å². The first-order valence-electron chi connectivity index (χ1n) is 9.67. The highest BCUT2D eigenvalue weighted by Crippen LogP contribution is 2.58. The van der Waals surface area contributed by atoms with E-state index in [1.54, 1.807) is 14.2 Å². The molecule has 0 aromatic rings. The molecule has 0 radical (unpaired) electrons. The quantitative estimate of drug-likeness (QED) is 0.641. The van der Waals surface area contributed by atoms with Gasteiger partial charge in [0.05, 0.1) is 6.10 Å². The number of methoxy groups -OCH3 is 2. The van der Waals surface area contributed by atoms with Crippen molar-refractivity contribution in [3.8, 4) is 0 Å². The van der Waals surface area contributed by atoms with Crippen molar-refractivity contribution in [2.24, 2.45) is 16.7 Å². The molecule has 3 nitrogen and oxygen atoms in total. The van der Waals surface area contributed by atoms with Gasteiger partial charge in [0, 0.05) is 31.7 Å². The van der Waals surface area contributed by atoms with E-state index in [1.165, 1.54) is 11.1 Å². The molecule has 1 fully saturated rings. The first-order chi connectivity index (χ1) is 11.7. The Hall–Kier alpha value is -0.930. The third-order valence-corrected chi connectivity index (χ3v) is 6.75. The van der Waals surface area contributed by atoms with Crippen LogP contribution in [0, 0.1) is 16.7 Å². The lowest BCUT2D eigenvalue weighted by Crippen LogP contribution is -2.47. The highest BCUT2D eigenvalue weighted by molar-refractivity contribution is 6.06. The van der Waals surface area contributed by atoms with Crippen molar-refractivity contribution in [2.75, 3.05) is 20.8 Å². The summed E-state index contributed by atoms with van der Waals surface area (Å²) < 4.78 is 11.0. The van der Waals surface area contributed by atoms with Crippen LogP contribution in [-0.4, -0.2) is 32.7 Å². The maximum atomic E-state index is 12.7. The van der Waals surface area contributed by atoms with E-state index in [0.29, 0.717) is 5.92 Å². The van der Waals surface area contributed by atoms with E-state index in [0.717, 1.165) is 44.3 Å². The third kappa shape index (κ3) is 3.78. The van der Waals surface area contributed by atoms with Crippen molar-refractivity contribution in [2.45, 2.75) is 72.8 Å². The summed E-state index contributed by atoms with van der Waals surface area (Å²) in [5, 5.41) is 0. The lowest BCUT2D eigenvalue weighted by atomic mass is 9.53. The normalized spacial score (nSPS) is 30.1. The molecule has 0 bridgehead atoms. The lowest BCUT2D eigenvalue weighted by molar-refractivity contribution is -0.112. The zero-order chi connectivity index (χ0) is 18.8. The van der Waals surface area contributed by atoms with E-state index < -0.39 is 0 Å². The second-order valence-corrected chi connectivity index (χ2v) is 8.77. The van der Waals surface area contributed by atoms with E-state index in [4.69, 9.17) is 9.47 Å². The predicted molar refractivity (Wildman–Crippen MR) is 103 cm³/mol. The fourth-order valence-corrected chi connectivity index (χ4v) is 4.99. The molecule has 3 atom stereocenters. The molecule has 0 aliphatic heterocycles. The zero-order valence-corrected chi connectivity index (χ0v) is 17.2. The Bertz CT molecular complexity index is 570. The lowest BCUT2D eigenvalue weighted by Gasteiger charge is -2.52.